The summed E-state index contributed by atoms with van der Waals surface area (Å²) in [6.07, 6.45) is 6.58. The number of amides is 4. The van der Waals surface area contributed by atoms with Crippen LogP contribution in [0, 0.1) is 0 Å². The van der Waals surface area contributed by atoms with Crippen LogP contribution in [0.3, 0.4) is 0 Å². The van der Waals surface area contributed by atoms with Crippen LogP contribution in [0.2, 0.25) is 0 Å². The van der Waals surface area contributed by atoms with Gasteiger partial charge in [0.2, 0.25) is 0 Å². The molecule has 0 aliphatic carbocycles. The third-order valence-corrected chi connectivity index (χ3v) is 12.3. The van der Waals surface area contributed by atoms with E-state index in [1.807, 2.05) is 54.2 Å². The Kier molecular flexibility index (Phi) is 18.2. The Morgan fingerprint density at radius 2 is 1.18 bits per heavy atom. The maximum Gasteiger partial charge on any atom is 0.408 e. The van der Waals surface area contributed by atoms with Crippen molar-refractivity contribution in [2.24, 2.45) is 0 Å². The van der Waals surface area contributed by atoms with Crippen LogP contribution in [-0.2, 0) is 22.6 Å². The molecule has 77 heavy (non-hydrogen) atoms. The van der Waals surface area contributed by atoms with Crippen molar-refractivity contribution in [3.63, 3.8) is 0 Å². The fraction of sp³-hybridized carbons (Fsp3) is 0.222. The van der Waals surface area contributed by atoms with Crippen molar-refractivity contribution in [2.75, 3.05) is 22.1 Å². The minimum absolute atomic E-state index is 0. The highest BCUT2D eigenvalue weighted by molar-refractivity contribution is 9.10. The van der Waals surface area contributed by atoms with Crippen LogP contribution >= 0.6 is 42.9 Å². The number of alkyl carbamates (subject to hydrolysis) is 2. The summed E-state index contributed by atoms with van der Waals surface area (Å²) in [7, 11) is 0. The number of ether oxygens (including phenoxy) is 2. The molecular formula is C54H59BrN14O6S2. The summed E-state index contributed by atoms with van der Waals surface area (Å²) in [6.45, 7) is 19.7. The number of nitrogen functional groups attached to an aromatic ring is 2. The zero-order valence-corrected chi connectivity index (χ0v) is 46.6. The van der Waals surface area contributed by atoms with Crippen LogP contribution < -0.4 is 32.7 Å². The first-order valence-electron chi connectivity index (χ1n) is 23.6. The van der Waals surface area contributed by atoms with Crippen molar-refractivity contribution < 1.29 is 28.7 Å². The third kappa shape index (κ3) is 13.4. The van der Waals surface area contributed by atoms with E-state index in [1.54, 1.807) is 99.9 Å². The zero-order valence-electron chi connectivity index (χ0n) is 43.0. The Hall–Kier alpha value is -8.28. The lowest BCUT2D eigenvalue weighted by atomic mass is 9.97. The number of nitrogens with one attached hydrogen (secondary N) is 4. The van der Waals surface area contributed by atoms with Crippen molar-refractivity contribution in [3.8, 4) is 22.3 Å². The van der Waals surface area contributed by atoms with Crippen LogP contribution in [0.4, 0.5) is 32.9 Å². The Bertz CT molecular complexity index is 3470. The lowest BCUT2D eigenvalue weighted by Crippen LogP contribution is -2.40. The number of carbonyl (C=O) groups is 4. The molecule has 20 nitrogen and oxygen atoms in total. The average molecular weight is 1140 g/mol. The maximum atomic E-state index is 12.7. The Morgan fingerprint density at radius 3 is 1.66 bits per heavy atom. The van der Waals surface area contributed by atoms with Gasteiger partial charge in [-0.15, -0.1) is 6.58 Å². The lowest BCUT2D eigenvalue weighted by Gasteiger charge is -2.22. The van der Waals surface area contributed by atoms with E-state index in [4.69, 9.17) is 20.9 Å². The summed E-state index contributed by atoms with van der Waals surface area (Å²) in [6, 6.07) is 24.0. The molecule has 6 aromatic heterocycles. The zero-order chi connectivity index (χ0) is 53.8. The number of rotatable bonds is 11. The predicted molar refractivity (Wildman–Crippen MR) is 313 cm³/mol. The van der Waals surface area contributed by atoms with Crippen LogP contribution in [0.1, 0.15) is 68.0 Å². The highest BCUT2D eigenvalue weighted by Gasteiger charge is 2.35. The van der Waals surface area contributed by atoms with Gasteiger partial charge in [0.1, 0.15) is 58.4 Å². The number of benzene rings is 2. The number of hydrogen-bond donors (Lipinski definition) is 6. The number of pyridine rings is 2. The number of carbonyl (C=O) groups excluding carboxylic acids is 4. The fourth-order valence-corrected chi connectivity index (χ4v) is 9.02. The molecule has 0 spiro atoms. The summed E-state index contributed by atoms with van der Waals surface area (Å²) in [5.41, 5.74) is 18.2. The fourth-order valence-electron chi connectivity index (χ4n) is 8.28. The molecule has 0 unspecified atom stereocenters. The second-order valence-electron chi connectivity index (χ2n) is 19.2. The van der Waals surface area contributed by atoms with Crippen LogP contribution in [0.5, 0.6) is 0 Å². The van der Waals surface area contributed by atoms with Gasteiger partial charge in [-0.1, -0.05) is 49.1 Å². The second-order valence-corrected chi connectivity index (χ2v) is 20.0. The molecule has 0 saturated heterocycles. The second kappa shape index (κ2) is 24.2. The van der Waals surface area contributed by atoms with Gasteiger partial charge in [0.25, 0.3) is 11.8 Å². The van der Waals surface area contributed by atoms with E-state index in [-0.39, 0.29) is 44.8 Å². The van der Waals surface area contributed by atoms with E-state index in [1.165, 1.54) is 12.7 Å². The van der Waals surface area contributed by atoms with Crippen LogP contribution in [0.15, 0.2) is 134 Å². The molecule has 9 rings (SSSR count). The molecule has 4 amide bonds. The Morgan fingerprint density at radius 1 is 0.701 bits per heavy atom. The van der Waals surface area contributed by atoms with Gasteiger partial charge in [0.15, 0.2) is 0 Å². The number of fused-ring (bicyclic) bond motifs is 4. The molecule has 7 heterocycles. The summed E-state index contributed by atoms with van der Waals surface area (Å²) in [5, 5.41) is 12.6. The van der Waals surface area contributed by atoms with Gasteiger partial charge in [0, 0.05) is 47.7 Å². The SMILES string of the molecule is C=C1c2c(-c3ccc(C(=O)Nc4ccccn4)cc3)c3c(N)ncnc3n2C[C@H]1NC(=O)OC(C)(C)C.C=C[C@@H](Cn1c(Br)c(-c2ccc(C(=O)Nc3ccccn3)cc2)c2c(N)ncnc21)NC(=O)OC(C)(C)C.S.S. The van der Waals surface area contributed by atoms with Gasteiger partial charge in [-0.25, -0.2) is 39.5 Å². The van der Waals surface area contributed by atoms with E-state index in [9.17, 15) is 19.2 Å². The van der Waals surface area contributed by atoms with E-state index < -0.39 is 29.4 Å². The number of nitrogens with two attached hydrogens (primary N) is 2. The standard InChI is InChI=1S/C27H28BrN7O3.C27H27N7O3.2H2S/c1-5-18(33-26(37)38-27(2,3)4)14-35-22(28)20(21-23(29)31-15-32-24(21)35)16-9-11-17(12-10-16)25(36)34-19-8-6-7-13-30-19;1-15-18(32-26(36)37-27(2,3)4)13-34-22(15)20(21-23(28)30-14-31-24(21)34)16-8-10-17(11-9-16)25(35)33-19-7-5-6-12-29-19;;/h5-13,15,18H,1,14H2,2-4H3,(H,33,37)(H2,29,31,32)(H,30,34,36);5-12,14,18H,1,13H2,2-4H3,(H,32,36)(H2,28,30,31)(H,29,33,35);2*1H2/t2*18-;;/m01../s1. The van der Waals surface area contributed by atoms with Gasteiger partial charge in [-0.05, 0) is 123 Å². The minimum Gasteiger partial charge on any atom is -0.444 e. The quantitative estimate of drug-likeness (QED) is 0.0658. The van der Waals surface area contributed by atoms with E-state index in [0.29, 0.717) is 79.7 Å². The van der Waals surface area contributed by atoms with Gasteiger partial charge in [-0.2, -0.15) is 27.0 Å². The highest BCUT2D eigenvalue weighted by Crippen LogP contribution is 2.44. The monoisotopic (exact) mass is 1140 g/mol. The molecule has 0 fully saturated rings. The first kappa shape index (κ1) is 58.0. The van der Waals surface area contributed by atoms with Gasteiger partial charge in [0.05, 0.1) is 33.2 Å². The molecule has 2 atom stereocenters. The molecule has 8 aromatic rings. The number of nitrogens with zero attached hydrogens (tertiary/aromatic N) is 8. The summed E-state index contributed by atoms with van der Waals surface area (Å²) >= 11 is 3.70. The van der Waals surface area contributed by atoms with E-state index in [0.717, 1.165) is 27.9 Å². The smallest absolute Gasteiger partial charge is 0.408 e. The first-order chi connectivity index (χ1) is 35.7. The average Bonchev–Trinajstić information content (AvgIpc) is 4.16. The van der Waals surface area contributed by atoms with Crippen LogP contribution in [0.25, 0.3) is 49.9 Å². The number of hydrogen-bond acceptors (Lipinski definition) is 14. The molecule has 23 heteroatoms. The summed E-state index contributed by atoms with van der Waals surface area (Å²) in [4.78, 5) is 75.8. The number of anilines is 4. The van der Waals surface area contributed by atoms with Crippen molar-refractivity contribution >= 4 is 118 Å². The molecule has 0 bridgehead atoms. The maximum absolute atomic E-state index is 12.7. The first-order valence-corrected chi connectivity index (χ1v) is 24.4. The van der Waals surface area contributed by atoms with Crippen molar-refractivity contribution in [1.29, 1.82) is 0 Å². The highest BCUT2D eigenvalue weighted by atomic mass is 79.9. The van der Waals surface area contributed by atoms with Crippen LogP contribution in [-0.4, -0.2) is 86.3 Å². The van der Waals surface area contributed by atoms with Gasteiger partial charge < -0.3 is 51.3 Å². The van der Waals surface area contributed by atoms with Crippen molar-refractivity contribution in [2.45, 2.75) is 77.9 Å². The number of aromatic nitrogens is 8. The summed E-state index contributed by atoms with van der Waals surface area (Å²) < 4.78 is 15.4. The third-order valence-electron chi connectivity index (χ3n) is 11.5. The largest absolute Gasteiger partial charge is 0.444 e. The molecule has 1 aliphatic heterocycles. The topological polar surface area (TPSA) is 274 Å². The Balaban J connectivity index is 0.000000243. The molecule has 8 N–H and O–H groups in total. The molecule has 400 valence electrons. The predicted octanol–water partition coefficient (Wildman–Crippen LogP) is 9.64. The van der Waals surface area contributed by atoms with Gasteiger partial charge >= 0.3 is 12.2 Å². The lowest BCUT2D eigenvalue weighted by molar-refractivity contribution is 0.0501. The summed E-state index contributed by atoms with van der Waals surface area (Å²) in [5.74, 6) is 1.03. The van der Waals surface area contributed by atoms with Crippen molar-refractivity contribution in [3.05, 3.63) is 151 Å². The molecular weight excluding hydrogens is 1080 g/mol. The normalized spacial score (nSPS) is 13.1. The minimum atomic E-state index is -0.633. The molecule has 1 aliphatic rings. The molecule has 0 saturated carbocycles. The van der Waals surface area contributed by atoms with E-state index in [2.05, 4.69) is 80.3 Å². The van der Waals surface area contributed by atoms with E-state index >= 15 is 0 Å². The molecule has 2 aromatic carbocycles. The molecule has 0 radical (unpaired) electrons. The van der Waals surface area contributed by atoms with Gasteiger partial charge in [-0.3, -0.25) is 9.59 Å². The Labute approximate surface area is 466 Å². The van der Waals surface area contributed by atoms with Crippen molar-refractivity contribution in [1.82, 2.24) is 49.7 Å². The number of halogens is 1.